The van der Waals surface area contributed by atoms with Crippen LogP contribution in [0.5, 0.6) is 0 Å². The van der Waals surface area contributed by atoms with E-state index in [1.807, 2.05) is 23.9 Å². The molecule has 7 heteroatoms. The molecule has 0 amide bonds. The lowest BCUT2D eigenvalue weighted by Crippen LogP contribution is -2.46. The first-order valence-electron chi connectivity index (χ1n) is 9.35. The minimum absolute atomic E-state index is 0.525. The SMILES string of the molecule is c1coc(CCNC(=NCCN2CCOCC2)NC2CCCSC2)c1. The Morgan fingerprint density at radius 2 is 2.28 bits per heavy atom. The van der Waals surface area contributed by atoms with Gasteiger partial charge in [-0.3, -0.25) is 9.89 Å². The first kappa shape index (κ1) is 18.6. The zero-order chi connectivity index (χ0) is 17.2. The quantitative estimate of drug-likeness (QED) is 0.564. The maximum atomic E-state index is 5.40. The molecule has 0 radical (unpaired) electrons. The molecule has 140 valence electrons. The third-order valence-corrected chi connectivity index (χ3v) is 5.75. The van der Waals surface area contributed by atoms with Crippen LogP contribution in [-0.2, 0) is 11.2 Å². The molecule has 3 heterocycles. The maximum absolute atomic E-state index is 5.40. The number of guanidine groups is 1. The molecule has 25 heavy (non-hydrogen) atoms. The normalized spacial score (nSPS) is 22.7. The summed E-state index contributed by atoms with van der Waals surface area (Å²) in [6, 6.07) is 4.48. The lowest BCUT2D eigenvalue weighted by atomic mass is 10.2. The van der Waals surface area contributed by atoms with Crippen molar-refractivity contribution in [1.82, 2.24) is 15.5 Å². The van der Waals surface area contributed by atoms with Crippen molar-refractivity contribution in [3.8, 4) is 0 Å². The summed E-state index contributed by atoms with van der Waals surface area (Å²) in [4.78, 5) is 7.22. The standard InChI is InChI=1S/C18H30N4O2S/c1-4-17(24-11-1)5-6-19-18(21-16-3-2-14-25-15-16)20-7-8-22-9-12-23-13-10-22/h1,4,11,16H,2-3,5-10,12-15H2,(H2,19,20,21). The van der Waals surface area contributed by atoms with E-state index in [1.165, 1.54) is 24.3 Å². The first-order chi connectivity index (χ1) is 12.4. The smallest absolute Gasteiger partial charge is 0.191 e. The summed E-state index contributed by atoms with van der Waals surface area (Å²) in [6.45, 7) is 6.36. The molecule has 0 spiro atoms. The van der Waals surface area contributed by atoms with Crippen LogP contribution in [0.25, 0.3) is 0 Å². The topological polar surface area (TPSA) is 62.0 Å². The van der Waals surface area contributed by atoms with Gasteiger partial charge in [0.25, 0.3) is 0 Å². The van der Waals surface area contributed by atoms with Crippen LogP contribution in [0.2, 0.25) is 0 Å². The summed E-state index contributed by atoms with van der Waals surface area (Å²) in [5, 5.41) is 7.09. The minimum Gasteiger partial charge on any atom is -0.469 e. The van der Waals surface area contributed by atoms with Crippen LogP contribution >= 0.6 is 11.8 Å². The Bertz CT molecular complexity index is 497. The molecule has 0 aliphatic carbocycles. The fourth-order valence-electron chi connectivity index (χ4n) is 3.09. The molecule has 0 saturated carbocycles. The number of nitrogens with zero attached hydrogens (tertiary/aromatic N) is 2. The van der Waals surface area contributed by atoms with E-state index < -0.39 is 0 Å². The van der Waals surface area contributed by atoms with E-state index in [0.717, 1.165) is 64.1 Å². The molecule has 1 unspecified atom stereocenters. The summed E-state index contributed by atoms with van der Waals surface area (Å²) >= 11 is 2.03. The van der Waals surface area contributed by atoms with Gasteiger partial charge in [-0.25, -0.2) is 0 Å². The molecule has 1 aromatic heterocycles. The van der Waals surface area contributed by atoms with E-state index in [0.29, 0.717) is 6.04 Å². The Balaban J connectivity index is 1.46. The molecule has 3 rings (SSSR count). The highest BCUT2D eigenvalue weighted by molar-refractivity contribution is 7.99. The molecule has 2 fully saturated rings. The van der Waals surface area contributed by atoms with Crippen LogP contribution in [0.15, 0.2) is 27.8 Å². The number of morpholine rings is 1. The van der Waals surface area contributed by atoms with Crippen molar-refractivity contribution in [2.24, 2.45) is 4.99 Å². The van der Waals surface area contributed by atoms with E-state index in [-0.39, 0.29) is 0 Å². The van der Waals surface area contributed by atoms with E-state index in [9.17, 15) is 0 Å². The number of thioether (sulfide) groups is 1. The second-order valence-electron chi connectivity index (χ2n) is 6.50. The maximum Gasteiger partial charge on any atom is 0.191 e. The van der Waals surface area contributed by atoms with E-state index in [1.54, 1.807) is 6.26 Å². The van der Waals surface area contributed by atoms with E-state index in [4.69, 9.17) is 14.1 Å². The molecule has 1 aromatic rings. The molecule has 0 bridgehead atoms. The highest BCUT2D eigenvalue weighted by Gasteiger charge is 2.15. The fraction of sp³-hybridized carbons (Fsp3) is 0.722. The van der Waals surface area contributed by atoms with Crippen molar-refractivity contribution in [3.63, 3.8) is 0 Å². The number of nitrogens with one attached hydrogen (secondary N) is 2. The van der Waals surface area contributed by atoms with Crippen LogP contribution in [0.4, 0.5) is 0 Å². The van der Waals surface area contributed by atoms with E-state index >= 15 is 0 Å². The van der Waals surface area contributed by atoms with Gasteiger partial charge in [-0.05, 0) is 30.7 Å². The summed E-state index contributed by atoms with van der Waals surface area (Å²) in [6.07, 6.45) is 5.12. The number of hydrogen-bond acceptors (Lipinski definition) is 5. The minimum atomic E-state index is 0.525. The van der Waals surface area contributed by atoms with Crippen LogP contribution in [-0.4, -0.2) is 74.3 Å². The van der Waals surface area contributed by atoms with Gasteiger partial charge in [0.15, 0.2) is 5.96 Å². The lowest BCUT2D eigenvalue weighted by Gasteiger charge is -2.27. The third kappa shape index (κ3) is 6.92. The highest BCUT2D eigenvalue weighted by atomic mass is 32.2. The largest absolute Gasteiger partial charge is 0.469 e. The van der Waals surface area contributed by atoms with Crippen LogP contribution in [0.1, 0.15) is 18.6 Å². The molecule has 1 atom stereocenters. The van der Waals surface area contributed by atoms with Gasteiger partial charge in [0, 0.05) is 44.4 Å². The average Bonchev–Trinajstić information content (AvgIpc) is 3.17. The average molecular weight is 367 g/mol. The molecular weight excluding hydrogens is 336 g/mol. The Hall–Kier alpha value is -1.18. The van der Waals surface area contributed by atoms with E-state index in [2.05, 4.69) is 15.5 Å². The zero-order valence-corrected chi connectivity index (χ0v) is 15.7. The second kappa shape index (κ2) is 10.7. The highest BCUT2D eigenvalue weighted by Crippen LogP contribution is 2.16. The van der Waals surface area contributed by atoms with Crippen LogP contribution < -0.4 is 10.6 Å². The molecule has 6 nitrogen and oxygen atoms in total. The van der Waals surface area contributed by atoms with Crippen molar-refractivity contribution in [2.45, 2.75) is 25.3 Å². The Morgan fingerprint density at radius 3 is 3.04 bits per heavy atom. The molecule has 2 N–H and O–H groups in total. The zero-order valence-electron chi connectivity index (χ0n) is 14.9. The first-order valence-corrected chi connectivity index (χ1v) is 10.5. The van der Waals surface area contributed by atoms with Crippen LogP contribution in [0.3, 0.4) is 0 Å². The summed E-state index contributed by atoms with van der Waals surface area (Å²) in [5.74, 6) is 4.40. The van der Waals surface area contributed by atoms with Crippen molar-refractivity contribution in [2.75, 3.05) is 57.4 Å². The molecule has 0 aromatic carbocycles. The van der Waals surface area contributed by atoms with Crippen molar-refractivity contribution in [3.05, 3.63) is 24.2 Å². The Labute approximate surface area is 154 Å². The van der Waals surface area contributed by atoms with Gasteiger partial charge in [-0.15, -0.1) is 0 Å². The monoisotopic (exact) mass is 366 g/mol. The molecule has 2 aliphatic rings. The molecule has 2 saturated heterocycles. The fourth-order valence-corrected chi connectivity index (χ4v) is 4.16. The Morgan fingerprint density at radius 1 is 1.36 bits per heavy atom. The van der Waals surface area contributed by atoms with Gasteiger partial charge in [0.2, 0.25) is 0 Å². The lowest BCUT2D eigenvalue weighted by molar-refractivity contribution is 0.0394. The number of aliphatic imine (C=N–C) groups is 1. The number of furan rings is 1. The van der Waals surface area contributed by atoms with Gasteiger partial charge in [-0.2, -0.15) is 11.8 Å². The van der Waals surface area contributed by atoms with Crippen molar-refractivity contribution < 1.29 is 9.15 Å². The summed E-state index contributed by atoms with van der Waals surface area (Å²) in [5.41, 5.74) is 0. The second-order valence-corrected chi connectivity index (χ2v) is 7.65. The number of rotatable bonds is 7. The van der Waals surface area contributed by atoms with Crippen molar-refractivity contribution in [1.29, 1.82) is 0 Å². The van der Waals surface area contributed by atoms with Crippen molar-refractivity contribution >= 4 is 17.7 Å². The van der Waals surface area contributed by atoms with Gasteiger partial charge in [0.05, 0.1) is 26.0 Å². The van der Waals surface area contributed by atoms with Gasteiger partial charge < -0.3 is 19.8 Å². The van der Waals surface area contributed by atoms with Gasteiger partial charge in [-0.1, -0.05) is 0 Å². The number of ether oxygens (including phenoxy) is 1. The predicted octanol–water partition coefficient (Wildman–Crippen LogP) is 1.59. The van der Waals surface area contributed by atoms with Gasteiger partial charge >= 0.3 is 0 Å². The summed E-state index contributed by atoms with van der Waals surface area (Å²) < 4.78 is 10.8. The number of hydrogen-bond donors (Lipinski definition) is 2. The Kier molecular flexibility index (Phi) is 7.99. The van der Waals surface area contributed by atoms with Crippen LogP contribution in [0, 0.1) is 0 Å². The predicted molar refractivity (Wildman–Crippen MR) is 103 cm³/mol. The van der Waals surface area contributed by atoms with Gasteiger partial charge in [0.1, 0.15) is 5.76 Å². The third-order valence-electron chi connectivity index (χ3n) is 4.53. The summed E-state index contributed by atoms with van der Waals surface area (Å²) in [7, 11) is 0. The molecule has 2 aliphatic heterocycles. The molecular formula is C18H30N4O2S.